The third-order valence-electron chi connectivity index (χ3n) is 6.29. The number of aryl methyl sites for hydroxylation is 1. The molecule has 1 atom stereocenters. The van der Waals surface area contributed by atoms with Gasteiger partial charge in [0.2, 0.25) is 0 Å². The number of nitrogens with one attached hydrogen (secondary N) is 2. The van der Waals surface area contributed by atoms with Gasteiger partial charge in [0, 0.05) is 23.9 Å². The molecular weight excluding hydrogens is 498 g/mol. The first kappa shape index (κ1) is 27.8. The summed E-state index contributed by atoms with van der Waals surface area (Å²) < 4.78 is 10.9. The third kappa shape index (κ3) is 6.63. The molecule has 0 spiro atoms. The van der Waals surface area contributed by atoms with Gasteiger partial charge in [0.15, 0.2) is 5.69 Å². The Balaban J connectivity index is 1.60. The summed E-state index contributed by atoms with van der Waals surface area (Å²) in [5.41, 5.74) is 2.10. The number of esters is 1. The van der Waals surface area contributed by atoms with E-state index in [0.29, 0.717) is 41.4 Å². The van der Waals surface area contributed by atoms with Crippen molar-refractivity contribution in [3.8, 4) is 11.3 Å². The van der Waals surface area contributed by atoms with Crippen molar-refractivity contribution in [1.29, 1.82) is 0 Å². The third-order valence-corrected chi connectivity index (χ3v) is 6.29. The molecular formula is C29H35N5O5. The fourth-order valence-corrected chi connectivity index (χ4v) is 4.43. The number of carbonyl (C=O) groups excluding carboxylic acids is 3. The van der Waals surface area contributed by atoms with E-state index in [9.17, 15) is 14.4 Å². The van der Waals surface area contributed by atoms with Crippen LogP contribution in [0.25, 0.3) is 11.3 Å². The van der Waals surface area contributed by atoms with E-state index in [1.807, 2.05) is 39.8 Å². The van der Waals surface area contributed by atoms with Crippen molar-refractivity contribution in [2.45, 2.75) is 65.5 Å². The van der Waals surface area contributed by atoms with Crippen molar-refractivity contribution in [1.82, 2.24) is 19.9 Å². The zero-order valence-corrected chi connectivity index (χ0v) is 23.0. The SMILES string of the molecule is CCOC(=O)c1[nH]c([C@@H]2CCCN2C(=O)OC(C)(C)C)nc1-c1ccc(C(=O)Nc2cc(CC)ccn2)cc1. The summed E-state index contributed by atoms with van der Waals surface area (Å²) >= 11 is 0. The Kier molecular flexibility index (Phi) is 8.32. The van der Waals surface area contributed by atoms with Crippen molar-refractivity contribution in [2.75, 3.05) is 18.5 Å². The standard InChI is InChI=1S/C29H35N5O5/c1-6-18-14-15-30-22(17-18)31-26(35)20-12-10-19(11-13-20)23-24(27(36)38-7-2)33-25(32-23)21-9-8-16-34(21)28(37)39-29(3,4)5/h10-15,17,21H,6-9,16H2,1-5H3,(H,32,33)(H,30,31,35)/t21-/m0/s1. The number of ether oxygens (including phenoxy) is 2. The fourth-order valence-electron chi connectivity index (χ4n) is 4.43. The highest BCUT2D eigenvalue weighted by molar-refractivity contribution is 6.04. The van der Waals surface area contributed by atoms with E-state index in [2.05, 4.69) is 15.3 Å². The molecule has 0 saturated carbocycles. The molecule has 2 amide bonds. The van der Waals surface area contributed by atoms with E-state index >= 15 is 0 Å². The van der Waals surface area contributed by atoms with Gasteiger partial charge in [-0.05, 0) is 76.8 Å². The lowest BCUT2D eigenvalue weighted by Crippen LogP contribution is -2.36. The number of H-pyrrole nitrogens is 1. The Hall–Kier alpha value is -4.21. The van der Waals surface area contributed by atoms with Crippen LogP contribution in [-0.4, -0.2) is 56.6 Å². The number of aromatic amines is 1. The maximum Gasteiger partial charge on any atom is 0.410 e. The van der Waals surface area contributed by atoms with Crippen molar-refractivity contribution in [3.63, 3.8) is 0 Å². The number of imidazole rings is 1. The largest absolute Gasteiger partial charge is 0.461 e. The number of benzene rings is 1. The number of likely N-dealkylation sites (tertiary alicyclic amines) is 1. The molecule has 4 rings (SSSR count). The molecule has 0 radical (unpaired) electrons. The summed E-state index contributed by atoms with van der Waals surface area (Å²) in [4.78, 5) is 52.2. The molecule has 206 valence electrons. The predicted octanol–water partition coefficient (Wildman–Crippen LogP) is 5.54. The Morgan fingerprint density at radius 2 is 1.87 bits per heavy atom. The van der Waals surface area contributed by atoms with E-state index in [1.54, 1.807) is 42.3 Å². The van der Waals surface area contributed by atoms with Crippen LogP contribution >= 0.6 is 0 Å². The highest BCUT2D eigenvalue weighted by Crippen LogP contribution is 2.34. The lowest BCUT2D eigenvalue weighted by molar-refractivity contribution is 0.0218. The van der Waals surface area contributed by atoms with Crippen LogP contribution in [0.4, 0.5) is 10.6 Å². The minimum atomic E-state index is -0.627. The molecule has 10 heteroatoms. The molecule has 2 aromatic heterocycles. The number of nitrogens with zero attached hydrogens (tertiary/aromatic N) is 3. The number of rotatable bonds is 7. The summed E-state index contributed by atoms with van der Waals surface area (Å²) in [6.45, 7) is 9.96. The fraction of sp³-hybridized carbons (Fsp3) is 0.414. The second-order valence-electron chi connectivity index (χ2n) is 10.3. The van der Waals surface area contributed by atoms with Gasteiger partial charge in [-0.1, -0.05) is 19.1 Å². The lowest BCUT2D eigenvalue weighted by atomic mass is 10.1. The van der Waals surface area contributed by atoms with Gasteiger partial charge in [0.25, 0.3) is 5.91 Å². The van der Waals surface area contributed by atoms with Crippen LogP contribution in [0.3, 0.4) is 0 Å². The van der Waals surface area contributed by atoms with Gasteiger partial charge in [-0.25, -0.2) is 19.6 Å². The number of anilines is 1. The van der Waals surface area contributed by atoms with E-state index < -0.39 is 17.7 Å². The molecule has 1 aromatic carbocycles. The van der Waals surface area contributed by atoms with Gasteiger partial charge >= 0.3 is 12.1 Å². The number of pyridine rings is 1. The van der Waals surface area contributed by atoms with Crippen molar-refractivity contribution < 1.29 is 23.9 Å². The smallest absolute Gasteiger partial charge is 0.410 e. The summed E-state index contributed by atoms with van der Waals surface area (Å²) in [5, 5.41) is 2.82. The topological polar surface area (TPSA) is 127 Å². The zero-order chi connectivity index (χ0) is 28.2. The molecule has 1 aliphatic rings. The van der Waals surface area contributed by atoms with E-state index in [1.165, 1.54) is 0 Å². The molecule has 2 N–H and O–H groups in total. The van der Waals surface area contributed by atoms with Crippen LogP contribution < -0.4 is 5.32 Å². The summed E-state index contributed by atoms with van der Waals surface area (Å²) in [7, 11) is 0. The highest BCUT2D eigenvalue weighted by atomic mass is 16.6. The molecule has 1 fully saturated rings. The Morgan fingerprint density at radius 3 is 2.54 bits per heavy atom. The molecule has 3 aromatic rings. The summed E-state index contributed by atoms with van der Waals surface area (Å²) in [6.07, 6.45) is 3.55. The summed E-state index contributed by atoms with van der Waals surface area (Å²) in [5.74, 6) is 0.127. The molecule has 1 aliphatic heterocycles. The summed E-state index contributed by atoms with van der Waals surface area (Å²) in [6, 6.07) is 10.2. The predicted molar refractivity (Wildman–Crippen MR) is 146 cm³/mol. The second-order valence-corrected chi connectivity index (χ2v) is 10.3. The maximum absolute atomic E-state index is 12.8. The molecule has 0 bridgehead atoms. The molecule has 39 heavy (non-hydrogen) atoms. The normalized spacial score (nSPS) is 15.2. The van der Waals surface area contributed by atoms with E-state index in [-0.39, 0.29) is 24.2 Å². The molecule has 0 aliphatic carbocycles. The van der Waals surface area contributed by atoms with Gasteiger partial charge in [0.1, 0.15) is 22.9 Å². The number of hydrogen-bond donors (Lipinski definition) is 2. The maximum atomic E-state index is 12.8. The van der Waals surface area contributed by atoms with Gasteiger partial charge < -0.3 is 19.8 Å². The minimum Gasteiger partial charge on any atom is -0.461 e. The average Bonchev–Trinajstić information content (AvgIpc) is 3.56. The first-order valence-electron chi connectivity index (χ1n) is 13.2. The van der Waals surface area contributed by atoms with Crippen molar-refractivity contribution >= 4 is 23.8 Å². The van der Waals surface area contributed by atoms with E-state index in [0.717, 1.165) is 18.4 Å². The van der Waals surface area contributed by atoms with Crippen LogP contribution in [0.1, 0.15) is 85.7 Å². The van der Waals surface area contributed by atoms with Crippen LogP contribution in [0.2, 0.25) is 0 Å². The Labute approximate surface area is 228 Å². The first-order valence-corrected chi connectivity index (χ1v) is 13.2. The monoisotopic (exact) mass is 533 g/mol. The Bertz CT molecular complexity index is 1340. The van der Waals surface area contributed by atoms with Crippen LogP contribution in [0.15, 0.2) is 42.6 Å². The molecule has 10 nitrogen and oxygen atoms in total. The minimum absolute atomic E-state index is 0.195. The number of hydrogen-bond acceptors (Lipinski definition) is 7. The quantitative estimate of drug-likeness (QED) is 0.382. The Morgan fingerprint density at radius 1 is 1.13 bits per heavy atom. The average molecular weight is 534 g/mol. The van der Waals surface area contributed by atoms with Crippen LogP contribution in [0.5, 0.6) is 0 Å². The second kappa shape index (κ2) is 11.7. The highest BCUT2D eigenvalue weighted by Gasteiger charge is 2.36. The first-order chi connectivity index (χ1) is 18.6. The number of amides is 2. The van der Waals surface area contributed by atoms with E-state index in [4.69, 9.17) is 14.5 Å². The zero-order valence-electron chi connectivity index (χ0n) is 23.0. The number of aromatic nitrogens is 3. The molecule has 0 unspecified atom stereocenters. The van der Waals surface area contributed by atoms with Crippen molar-refractivity contribution in [3.05, 3.63) is 65.2 Å². The van der Waals surface area contributed by atoms with Gasteiger partial charge in [0.05, 0.1) is 12.6 Å². The van der Waals surface area contributed by atoms with Crippen molar-refractivity contribution in [2.24, 2.45) is 0 Å². The van der Waals surface area contributed by atoms with Crippen LogP contribution in [0, 0.1) is 0 Å². The number of carbonyl (C=O) groups is 3. The lowest BCUT2D eigenvalue weighted by Gasteiger charge is -2.27. The van der Waals surface area contributed by atoms with Gasteiger partial charge in [-0.15, -0.1) is 0 Å². The molecule has 3 heterocycles. The van der Waals surface area contributed by atoms with Gasteiger partial charge in [-0.2, -0.15) is 0 Å². The molecule has 1 saturated heterocycles. The van der Waals surface area contributed by atoms with Crippen LogP contribution in [-0.2, 0) is 15.9 Å². The van der Waals surface area contributed by atoms with Gasteiger partial charge in [-0.3, -0.25) is 9.69 Å².